The Bertz CT molecular complexity index is 1130. The second kappa shape index (κ2) is 7.14. The first-order valence-corrected chi connectivity index (χ1v) is 11.0. The summed E-state index contributed by atoms with van der Waals surface area (Å²) in [6.07, 6.45) is 10.9. The van der Waals surface area contributed by atoms with E-state index >= 15 is 0 Å². The number of aryl methyl sites for hydroxylation is 1. The first kappa shape index (κ1) is 18.5. The minimum atomic E-state index is 0.111. The van der Waals surface area contributed by atoms with Gasteiger partial charge in [-0.3, -0.25) is 9.48 Å². The van der Waals surface area contributed by atoms with Crippen molar-refractivity contribution in [2.45, 2.75) is 38.1 Å². The summed E-state index contributed by atoms with van der Waals surface area (Å²) >= 11 is 0. The SMILES string of the molecule is Nc1ccc2c(n1)CC[C@H]2CC(=O)c1cnn(Cc2cnc(N3CC4CC4C3)nc2)c1. The zero-order valence-electron chi connectivity index (χ0n) is 17.3. The molecule has 0 radical (unpaired) electrons. The van der Waals surface area contributed by atoms with Crippen molar-refractivity contribution in [3.05, 3.63) is 59.3 Å². The number of fused-ring (bicyclic) bond motifs is 2. The van der Waals surface area contributed by atoms with Gasteiger partial charge in [0.25, 0.3) is 0 Å². The Morgan fingerprint density at radius 2 is 1.94 bits per heavy atom. The smallest absolute Gasteiger partial charge is 0.225 e. The number of nitrogens with two attached hydrogens (primary N) is 1. The monoisotopic (exact) mass is 415 g/mol. The molecule has 6 rings (SSSR count). The summed E-state index contributed by atoms with van der Waals surface area (Å²) in [6, 6.07) is 3.83. The molecule has 0 amide bonds. The van der Waals surface area contributed by atoms with Crippen LogP contribution in [0.25, 0.3) is 0 Å². The van der Waals surface area contributed by atoms with Crippen molar-refractivity contribution >= 4 is 17.5 Å². The predicted molar refractivity (Wildman–Crippen MR) is 116 cm³/mol. The number of rotatable bonds is 6. The van der Waals surface area contributed by atoms with Crippen molar-refractivity contribution in [1.82, 2.24) is 24.7 Å². The first-order valence-electron chi connectivity index (χ1n) is 11.0. The summed E-state index contributed by atoms with van der Waals surface area (Å²) in [5, 5.41) is 4.38. The highest BCUT2D eigenvalue weighted by atomic mass is 16.1. The summed E-state index contributed by atoms with van der Waals surface area (Å²) in [5.41, 5.74) is 9.59. The van der Waals surface area contributed by atoms with Crippen molar-refractivity contribution in [2.24, 2.45) is 11.8 Å². The molecule has 0 spiro atoms. The van der Waals surface area contributed by atoms with Gasteiger partial charge < -0.3 is 10.6 Å². The van der Waals surface area contributed by atoms with Gasteiger partial charge in [-0.15, -0.1) is 0 Å². The van der Waals surface area contributed by atoms with Crippen LogP contribution in [0.4, 0.5) is 11.8 Å². The summed E-state index contributed by atoms with van der Waals surface area (Å²) in [5.74, 6) is 3.39. The lowest BCUT2D eigenvalue weighted by atomic mass is 9.95. The summed E-state index contributed by atoms with van der Waals surface area (Å²) in [7, 11) is 0. The summed E-state index contributed by atoms with van der Waals surface area (Å²) in [6.45, 7) is 2.72. The van der Waals surface area contributed by atoms with E-state index in [1.807, 2.05) is 30.7 Å². The molecule has 0 aromatic carbocycles. The minimum absolute atomic E-state index is 0.111. The van der Waals surface area contributed by atoms with Crippen LogP contribution >= 0.6 is 0 Å². The van der Waals surface area contributed by atoms with Crippen LogP contribution in [0.1, 0.15) is 52.4 Å². The number of hydrogen-bond donors (Lipinski definition) is 1. The normalized spacial score (nSPS) is 23.6. The van der Waals surface area contributed by atoms with Gasteiger partial charge in [0.15, 0.2) is 5.78 Å². The number of nitrogen functional groups attached to an aromatic ring is 1. The van der Waals surface area contributed by atoms with E-state index < -0.39 is 0 Å². The molecule has 2 N–H and O–H groups in total. The standard InChI is InChI=1S/C23H25N7O/c24-22-4-2-19-15(1-3-20(19)28-22)6-21(31)18-9-27-30(13-18)10-14-7-25-23(26-8-14)29-11-16-5-17(16)12-29/h2,4,7-9,13,15-17H,1,3,5-6,10-12H2,(H2,24,28)/t15-,16?,17?/m0/s1. The second-order valence-corrected chi connectivity index (χ2v) is 9.11. The van der Waals surface area contributed by atoms with Crippen LogP contribution < -0.4 is 10.6 Å². The van der Waals surface area contributed by atoms with E-state index in [4.69, 9.17) is 5.73 Å². The van der Waals surface area contributed by atoms with Crippen LogP contribution in [-0.2, 0) is 13.0 Å². The molecule has 1 saturated carbocycles. The number of pyridine rings is 1. The van der Waals surface area contributed by atoms with Gasteiger partial charge in [0.05, 0.1) is 18.3 Å². The van der Waals surface area contributed by atoms with Gasteiger partial charge in [-0.1, -0.05) is 6.07 Å². The van der Waals surface area contributed by atoms with Gasteiger partial charge in [0.1, 0.15) is 5.82 Å². The molecule has 8 heteroatoms. The second-order valence-electron chi connectivity index (χ2n) is 9.11. The maximum absolute atomic E-state index is 12.8. The first-order chi connectivity index (χ1) is 15.1. The number of Topliss-reactive ketones (excluding diaryl/α,β-unsaturated/α-hetero) is 1. The molecular weight excluding hydrogens is 390 g/mol. The van der Waals surface area contributed by atoms with Crippen LogP contribution in [-0.4, -0.2) is 43.6 Å². The number of anilines is 2. The van der Waals surface area contributed by atoms with Gasteiger partial charge >= 0.3 is 0 Å². The molecule has 158 valence electrons. The number of aromatic nitrogens is 5. The lowest BCUT2D eigenvalue weighted by Crippen LogP contribution is -2.24. The van der Waals surface area contributed by atoms with Crippen LogP contribution in [0.3, 0.4) is 0 Å². The van der Waals surface area contributed by atoms with Crippen LogP contribution in [0.2, 0.25) is 0 Å². The van der Waals surface area contributed by atoms with Crippen molar-refractivity contribution in [3.63, 3.8) is 0 Å². The van der Waals surface area contributed by atoms with Gasteiger partial charge in [-0.2, -0.15) is 5.10 Å². The van der Waals surface area contributed by atoms with E-state index in [9.17, 15) is 4.79 Å². The maximum Gasteiger partial charge on any atom is 0.225 e. The van der Waals surface area contributed by atoms with Crippen molar-refractivity contribution < 1.29 is 4.79 Å². The number of piperidine rings is 1. The van der Waals surface area contributed by atoms with Gasteiger partial charge in [-0.25, -0.2) is 15.0 Å². The number of ketones is 1. The molecule has 1 saturated heterocycles. The number of nitrogens with zero attached hydrogens (tertiary/aromatic N) is 6. The molecule has 2 unspecified atom stereocenters. The number of carbonyl (C=O) groups excluding carboxylic acids is 1. The van der Waals surface area contributed by atoms with Gasteiger partial charge in [-0.05, 0) is 48.6 Å². The van der Waals surface area contributed by atoms with E-state index in [-0.39, 0.29) is 11.7 Å². The van der Waals surface area contributed by atoms with Crippen molar-refractivity contribution in [1.29, 1.82) is 0 Å². The molecule has 1 aliphatic heterocycles. The Hall–Kier alpha value is -3.29. The summed E-state index contributed by atoms with van der Waals surface area (Å²) < 4.78 is 1.78. The molecule has 3 aromatic rings. The lowest BCUT2D eigenvalue weighted by molar-refractivity contribution is 0.0973. The highest BCUT2D eigenvalue weighted by Gasteiger charge is 2.45. The Balaban J connectivity index is 1.09. The predicted octanol–water partition coefficient (Wildman–Crippen LogP) is 2.46. The van der Waals surface area contributed by atoms with Gasteiger partial charge in [0.2, 0.25) is 5.95 Å². The van der Waals surface area contributed by atoms with E-state index in [0.29, 0.717) is 24.3 Å². The third kappa shape index (κ3) is 3.56. The highest BCUT2D eigenvalue weighted by molar-refractivity contribution is 5.96. The molecule has 3 aromatic heterocycles. The maximum atomic E-state index is 12.8. The average Bonchev–Trinajstić information content (AvgIpc) is 3.14. The average molecular weight is 416 g/mol. The number of carbonyl (C=O) groups is 1. The fraction of sp³-hybridized carbons (Fsp3) is 0.435. The lowest BCUT2D eigenvalue weighted by Gasteiger charge is -2.17. The molecular formula is C23H25N7O. The molecule has 31 heavy (non-hydrogen) atoms. The van der Waals surface area contributed by atoms with Crippen molar-refractivity contribution in [2.75, 3.05) is 23.7 Å². The Kier molecular flexibility index (Phi) is 4.26. The number of hydrogen-bond acceptors (Lipinski definition) is 7. The van der Waals surface area contributed by atoms with E-state index in [1.54, 1.807) is 10.9 Å². The van der Waals surface area contributed by atoms with Crippen LogP contribution in [0.15, 0.2) is 36.9 Å². The van der Waals surface area contributed by atoms with Crippen LogP contribution in [0, 0.1) is 11.8 Å². The van der Waals surface area contributed by atoms with E-state index in [0.717, 1.165) is 60.5 Å². The largest absolute Gasteiger partial charge is 0.384 e. The van der Waals surface area contributed by atoms with Crippen molar-refractivity contribution in [3.8, 4) is 0 Å². The molecule has 2 aliphatic carbocycles. The molecule has 3 aliphatic rings. The molecule has 0 bridgehead atoms. The molecule has 8 nitrogen and oxygen atoms in total. The highest BCUT2D eigenvalue weighted by Crippen LogP contribution is 2.45. The van der Waals surface area contributed by atoms with E-state index in [1.165, 1.54) is 6.42 Å². The Morgan fingerprint density at radius 1 is 1.13 bits per heavy atom. The van der Waals surface area contributed by atoms with Gasteiger partial charge in [0, 0.05) is 49.4 Å². The third-order valence-corrected chi connectivity index (χ3v) is 6.89. The molecule has 4 heterocycles. The van der Waals surface area contributed by atoms with Crippen LogP contribution in [0.5, 0.6) is 0 Å². The topological polar surface area (TPSA) is 103 Å². The fourth-order valence-corrected chi connectivity index (χ4v) is 5.06. The molecule has 3 atom stereocenters. The third-order valence-electron chi connectivity index (χ3n) is 6.89. The molecule has 2 fully saturated rings. The van der Waals surface area contributed by atoms with E-state index in [2.05, 4.69) is 25.0 Å². The zero-order valence-corrected chi connectivity index (χ0v) is 17.3. The minimum Gasteiger partial charge on any atom is -0.384 e. The summed E-state index contributed by atoms with van der Waals surface area (Å²) in [4.78, 5) is 28.6. The Morgan fingerprint density at radius 3 is 2.74 bits per heavy atom. The Labute approximate surface area is 180 Å². The zero-order chi connectivity index (χ0) is 20.9. The quantitative estimate of drug-likeness (QED) is 0.617. The fourth-order valence-electron chi connectivity index (χ4n) is 5.06.